The molecule has 2 aliphatic rings. The van der Waals surface area contributed by atoms with Crippen LogP contribution in [0, 0.1) is 0 Å². The van der Waals surface area contributed by atoms with Crippen LogP contribution in [0.3, 0.4) is 0 Å². The summed E-state index contributed by atoms with van der Waals surface area (Å²) in [5.74, 6) is -1.99. The van der Waals surface area contributed by atoms with Crippen molar-refractivity contribution in [3.63, 3.8) is 0 Å². The Morgan fingerprint density at radius 2 is 2.29 bits per heavy atom. The number of anilines is 1. The molecule has 1 saturated heterocycles. The molecule has 2 amide bonds. The molecular formula is C17H18N10O5S3. The Labute approximate surface area is 210 Å². The molecule has 2 aromatic heterocycles. The van der Waals surface area contributed by atoms with Gasteiger partial charge in [0.2, 0.25) is 16.7 Å². The standard InChI is InChI=1S/C17H18N10O5S3/c1-3-4-32-22-8(11-20-16(18)35-23-11)12(28)19-9-13(29)27-10(15(30)31)7(5-33-14(9)27)6-34-17-21-24-25-26(17)2/h3,9,14H,1,4-6H2,2H3,(H,19,28)(H,30,31)(H2,18,20,23)/b22-8-/t9?,14-/m1/s1. The topological polar surface area (TPSA) is 204 Å². The van der Waals surface area contributed by atoms with Gasteiger partial charge in [0.05, 0.1) is 0 Å². The van der Waals surface area contributed by atoms with E-state index in [9.17, 15) is 19.5 Å². The molecule has 2 atom stereocenters. The van der Waals surface area contributed by atoms with E-state index in [4.69, 9.17) is 10.6 Å². The number of carbonyl (C=O) groups is 3. The van der Waals surface area contributed by atoms with Crippen LogP contribution in [0.2, 0.25) is 0 Å². The SMILES string of the molecule is C=CCO/N=C(\C(=O)NC1C(=O)N2C(C(=O)O)=C(CSc3nnnn3C)CS[C@H]12)c1nsc(N)n1. The molecule has 1 fully saturated rings. The summed E-state index contributed by atoms with van der Waals surface area (Å²) in [5.41, 5.74) is 5.77. The fourth-order valence-corrected chi connectivity index (χ4v) is 5.94. The second-order valence-corrected chi connectivity index (χ2v) is 9.80. The van der Waals surface area contributed by atoms with E-state index in [-0.39, 0.29) is 34.7 Å². The van der Waals surface area contributed by atoms with Crippen molar-refractivity contribution < 1.29 is 24.3 Å². The van der Waals surface area contributed by atoms with Gasteiger partial charge in [-0.05, 0) is 16.0 Å². The molecule has 184 valence electrons. The van der Waals surface area contributed by atoms with Gasteiger partial charge in [0.1, 0.15) is 23.7 Å². The van der Waals surface area contributed by atoms with Gasteiger partial charge in [0, 0.05) is 30.1 Å². The second-order valence-electron chi connectivity index (χ2n) is 6.97. The highest BCUT2D eigenvalue weighted by atomic mass is 32.2. The van der Waals surface area contributed by atoms with Gasteiger partial charge in [-0.1, -0.05) is 29.6 Å². The van der Waals surface area contributed by atoms with E-state index in [1.807, 2.05) is 0 Å². The lowest BCUT2D eigenvalue weighted by Gasteiger charge is -2.49. The van der Waals surface area contributed by atoms with Crippen molar-refractivity contribution in [1.29, 1.82) is 0 Å². The number of carbonyl (C=O) groups excluding carboxylic acids is 2. The van der Waals surface area contributed by atoms with Crippen LogP contribution in [0.25, 0.3) is 0 Å². The van der Waals surface area contributed by atoms with Crippen LogP contribution in [-0.4, -0.2) is 92.6 Å². The number of carboxylic acid groups (broad SMARTS) is 1. The van der Waals surface area contributed by atoms with E-state index in [0.29, 0.717) is 16.5 Å². The average Bonchev–Trinajstić information content (AvgIpc) is 3.45. The number of oxime groups is 1. The fraction of sp³-hybridized carbons (Fsp3) is 0.353. The highest BCUT2D eigenvalue weighted by Crippen LogP contribution is 2.41. The van der Waals surface area contributed by atoms with Crippen molar-refractivity contribution in [2.75, 3.05) is 23.8 Å². The maximum atomic E-state index is 12.9. The summed E-state index contributed by atoms with van der Waals surface area (Å²) >= 11 is 3.46. The number of β-lactam (4-membered cyclic amide) rings is 1. The summed E-state index contributed by atoms with van der Waals surface area (Å²) in [4.78, 5) is 48.0. The number of carboxylic acids is 1. The Morgan fingerprint density at radius 3 is 2.91 bits per heavy atom. The zero-order valence-corrected chi connectivity index (χ0v) is 20.5. The molecule has 15 nitrogen and oxygen atoms in total. The minimum atomic E-state index is -1.23. The molecule has 4 N–H and O–H groups in total. The first kappa shape index (κ1) is 24.6. The third kappa shape index (κ3) is 4.98. The molecule has 1 unspecified atom stereocenters. The van der Waals surface area contributed by atoms with Crippen LogP contribution in [0.5, 0.6) is 0 Å². The number of amides is 2. The zero-order chi connectivity index (χ0) is 25.1. The summed E-state index contributed by atoms with van der Waals surface area (Å²) < 4.78 is 5.43. The number of hydrogen-bond donors (Lipinski definition) is 3. The molecule has 4 heterocycles. The molecular weight excluding hydrogens is 520 g/mol. The number of fused-ring (bicyclic) bond motifs is 1. The van der Waals surface area contributed by atoms with E-state index in [2.05, 4.69) is 41.9 Å². The van der Waals surface area contributed by atoms with Crippen molar-refractivity contribution in [2.24, 2.45) is 12.2 Å². The van der Waals surface area contributed by atoms with Crippen molar-refractivity contribution in [2.45, 2.75) is 16.6 Å². The second kappa shape index (κ2) is 10.4. The van der Waals surface area contributed by atoms with Crippen LogP contribution < -0.4 is 11.1 Å². The lowest BCUT2D eigenvalue weighted by Crippen LogP contribution is -2.71. The van der Waals surface area contributed by atoms with Gasteiger partial charge >= 0.3 is 5.97 Å². The van der Waals surface area contributed by atoms with Crippen LogP contribution in [-0.2, 0) is 26.3 Å². The molecule has 0 bridgehead atoms. The lowest BCUT2D eigenvalue weighted by atomic mass is 10.0. The van der Waals surface area contributed by atoms with Crippen molar-refractivity contribution in [3.8, 4) is 0 Å². The Balaban J connectivity index is 1.49. The Bertz CT molecular complexity index is 1240. The van der Waals surface area contributed by atoms with Gasteiger partial charge in [0.15, 0.2) is 5.13 Å². The number of nitrogen functional groups attached to an aromatic ring is 1. The number of aliphatic carboxylic acids is 1. The summed E-state index contributed by atoms with van der Waals surface area (Å²) in [6, 6.07) is -0.973. The Hall–Kier alpha value is -3.51. The number of thioether (sulfide) groups is 2. The van der Waals surface area contributed by atoms with E-state index in [1.165, 1.54) is 39.2 Å². The number of hydrogen-bond acceptors (Lipinski definition) is 14. The number of tetrazole rings is 1. The van der Waals surface area contributed by atoms with Gasteiger partial charge in [0.25, 0.3) is 11.8 Å². The maximum absolute atomic E-state index is 12.9. The molecule has 0 aliphatic carbocycles. The van der Waals surface area contributed by atoms with Crippen molar-refractivity contribution in [3.05, 3.63) is 29.7 Å². The zero-order valence-electron chi connectivity index (χ0n) is 18.0. The highest BCUT2D eigenvalue weighted by Gasteiger charge is 2.54. The largest absolute Gasteiger partial charge is 0.477 e. The average molecular weight is 539 g/mol. The number of nitrogens with two attached hydrogens (primary N) is 1. The third-order valence-electron chi connectivity index (χ3n) is 4.71. The fourth-order valence-electron chi connectivity index (χ4n) is 3.17. The Kier molecular flexibility index (Phi) is 7.31. The van der Waals surface area contributed by atoms with Gasteiger partial charge < -0.3 is 21.0 Å². The molecule has 0 aromatic carbocycles. The smallest absolute Gasteiger partial charge is 0.352 e. The lowest BCUT2D eigenvalue weighted by molar-refractivity contribution is -0.150. The van der Waals surface area contributed by atoms with Crippen LogP contribution in [0.15, 0.2) is 34.2 Å². The minimum Gasteiger partial charge on any atom is -0.477 e. The number of aromatic nitrogens is 6. The van der Waals surface area contributed by atoms with E-state index < -0.39 is 29.2 Å². The van der Waals surface area contributed by atoms with Gasteiger partial charge in [-0.3, -0.25) is 14.5 Å². The van der Waals surface area contributed by atoms with Crippen molar-refractivity contribution in [1.82, 2.24) is 39.8 Å². The summed E-state index contributed by atoms with van der Waals surface area (Å²) in [5, 5.41) is 27.3. The minimum absolute atomic E-state index is 0.0307. The third-order valence-corrected chi connectivity index (χ3v) is 7.69. The van der Waals surface area contributed by atoms with Gasteiger partial charge in [-0.25, -0.2) is 9.48 Å². The molecule has 35 heavy (non-hydrogen) atoms. The predicted molar refractivity (Wildman–Crippen MR) is 126 cm³/mol. The van der Waals surface area contributed by atoms with E-state index >= 15 is 0 Å². The molecule has 0 radical (unpaired) electrons. The molecule has 2 aliphatic heterocycles. The monoisotopic (exact) mass is 538 g/mol. The van der Waals surface area contributed by atoms with Gasteiger partial charge in [-0.15, -0.1) is 16.9 Å². The molecule has 18 heteroatoms. The molecule has 0 spiro atoms. The molecule has 0 saturated carbocycles. The molecule has 2 aromatic rings. The van der Waals surface area contributed by atoms with Crippen LogP contribution in [0.4, 0.5) is 5.13 Å². The first-order valence-corrected chi connectivity index (χ1v) is 12.6. The number of aryl methyl sites for hydroxylation is 1. The number of rotatable bonds is 10. The van der Waals surface area contributed by atoms with E-state index in [0.717, 1.165) is 11.5 Å². The van der Waals surface area contributed by atoms with Crippen molar-refractivity contribution >= 4 is 63.7 Å². The first-order valence-electron chi connectivity index (χ1n) is 9.78. The summed E-state index contributed by atoms with van der Waals surface area (Å²) in [7, 11) is 1.67. The normalized spacial score (nSPS) is 19.7. The quantitative estimate of drug-likeness (QED) is 0.0837. The first-order chi connectivity index (χ1) is 16.8. The number of nitrogens with one attached hydrogen (secondary N) is 1. The predicted octanol–water partition coefficient (Wildman–Crippen LogP) is -0.919. The highest BCUT2D eigenvalue weighted by molar-refractivity contribution is 8.01. The van der Waals surface area contributed by atoms with Gasteiger partial charge in [-0.2, -0.15) is 9.36 Å². The van der Waals surface area contributed by atoms with E-state index in [1.54, 1.807) is 7.05 Å². The van der Waals surface area contributed by atoms with Crippen LogP contribution in [0.1, 0.15) is 5.82 Å². The van der Waals surface area contributed by atoms with Crippen LogP contribution >= 0.6 is 35.1 Å². The summed E-state index contributed by atoms with van der Waals surface area (Å²) in [6.07, 6.45) is 1.43. The molecule has 4 rings (SSSR count). The number of nitrogens with zero attached hydrogens (tertiary/aromatic N) is 8. The summed E-state index contributed by atoms with van der Waals surface area (Å²) in [6.45, 7) is 3.53. The maximum Gasteiger partial charge on any atom is 0.352 e. The Morgan fingerprint density at radius 1 is 1.49 bits per heavy atom.